The van der Waals surface area contributed by atoms with Gasteiger partial charge in [-0.1, -0.05) is 0 Å². The van der Waals surface area contributed by atoms with E-state index in [0.29, 0.717) is 24.5 Å². The van der Waals surface area contributed by atoms with E-state index in [0.717, 1.165) is 5.69 Å². The van der Waals surface area contributed by atoms with E-state index in [1.165, 1.54) is 4.31 Å². The molecule has 0 radical (unpaired) electrons. The minimum absolute atomic E-state index is 0.298. The Morgan fingerprint density at radius 2 is 1.89 bits per heavy atom. The second kappa shape index (κ2) is 5.83. The zero-order valence-electron chi connectivity index (χ0n) is 11.4. The number of aromatic nitrogens is 1. The molecule has 0 saturated carbocycles. The second-order valence-corrected chi connectivity index (χ2v) is 6.66. The monoisotopic (exact) mass is 274 g/mol. The summed E-state index contributed by atoms with van der Waals surface area (Å²) in [6.07, 6.45) is 1.60. The zero-order chi connectivity index (χ0) is 13.9. The van der Waals surface area contributed by atoms with E-state index < -0.39 is 10.0 Å². The number of sulfonamides is 1. The zero-order valence-corrected chi connectivity index (χ0v) is 12.2. The normalized spacial score (nSPS) is 12.6. The van der Waals surface area contributed by atoms with E-state index in [9.17, 15) is 8.42 Å². The summed E-state index contributed by atoms with van der Waals surface area (Å²) in [5.74, 6) is 0. The van der Waals surface area contributed by atoms with Gasteiger partial charge >= 0.3 is 0 Å². The van der Waals surface area contributed by atoms with Crippen molar-refractivity contribution in [2.45, 2.75) is 11.4 Å². The maximum atomic E-state index is 12.3. The van der Waals surface area contributed by atoms with Crippen LogP contribution in [0, 0.1) is 0 Å². The van der Waals surface area contributed by atoms with Gasteiger partial charge in [-0.25, -0.2) is 8.42 Å². The van der Waals surface area contributed by atoms with Crippen molar-refractivity contribution >= 4 is 10.0 Å². The van der Waals surface area contributed by atoms with Crippen molar-refractivity contribution in [3.8, 4) is 0 Å². The molecule has 18 heavy (non-hydrogen) atoms. The Labute approximate surface area is 109 Å². The topological polar surface area (TPSA) is 71.6 Å². The van der Waals surface area contributed by atoms with Gasteiger partial charge in [0, 0.05) is 45.6 Å². The number of likely N-dealkylation sites (N-methyl/N-ethyl adjacent to an activating group) is 2. The number of nitrogens with two attached hydrogens (primary N) is 1. The van der Waals surface area contributed by atoms with Gasteiger partial charge in [-0.3, -0.25) is 0 Å². The van der Waals surface area contributed by atoms with E-state index >= 15 is 0 Å². The van der Waals surface area contributed by atoms with Crippen LogP contribution in [-0.2, 0) is 23.6 Å². The molecule has 0 fully saturated rings. The molecule has 0 bridgehead atoms. The first-order chi connectivity index (χ1) is 8.28. The van der Waals surface area contributed by atoms with Crippen molar-refractivity contribution in [1.29, 1.82) is 0 Å². The maximum Gasteiger partial charge on any atom is 0.244 e. The summed E-state index contributed by atoms with van der Waals surface area (Å²) in [6, 6.07) is 1.63. The van der Waals surface area contributed by atoms with E-state index in [1.54, 1.807) is 30.9 Å². The van der Waals surface area contributed by atoms with Gasteiger partial charge in [0.15, 0.2) is 0 Å². The van der Waals surface area contributed by atoms with E-state index in [-0.39, 0.29) is 0 Å². The Kier molecular flexibility index (Phi) is 4.92. The van der Waals surface area contributed by atoms with Gasteiger partial charge in [-0.05, 0) is 20.2 Å². The Balaban J connectivity index is 2.91. The lowest BCUT2D eigenvalue weighted by molar-refractivity contribution is 0.358. The fourth-order valence-corrected chi connectivity index (χ4v) is 2.82. The predicted molar refractivity (Wildman–Crippen MR) is 71.7 cm³/mol. The van der Waals surface area contributed by atoms with Crippen molar-refractivity contribution in [2.75, 3.05) is 34.2 Å². The standard InChI is InChI=1S/C11H22N4O2S/c1-13(2)5-6-15(4)18(16,17)11-7-10(8-12)14(3)9-11/h7,9H,5-6,8,12H2,1-4H3. The quantitative estimate of drug-likeness (QED) is 0.771. The molecule has 6 nitrogen and oxygen atoms in total. The van der Waals surface area contributed by atoms with E-state index in [2.05, 4.69) is 0 Å². The molecule has 2 N–H and O–H groups in total. The van der Waals surface area contributed by atoms with Crippen LogP contribution in [0.3, 0.4) is 0 Å². The van der Waals surface area contributed by atoms with Gasteiger partial charge < -0.3 is 15.2 Å². The van der Waals surface area contributed by atoms with Gasteiger partial charge in [0.05, 0.1) is 0 Å². The minimum atomic E-state index is -3.42. The summed E-state index contributed by atoms with van der Waals surface area (Å²) in [5, 5.41) is 0. The van der Waals surface area contributed by atoms with Crippen LogP contribution in [-0.4, -0.2) is 56.4 Å². The fourth-order valence-electron chi connectivity index (χ4n) is 1.56. The predicted octanol–water partition coefficient (Wildman–Crippen LogP) is -0.334. The summed E-state index contributed by atoms with van der Waals surface area (Å²) in [7, 11) is 3.79. The lowest BCUT2D eigenvalue weighted by atomic mass is 10.4. The van der Waals surface area contributed by atoms with E-state index in [4.69, 9.17) is 5.73 Å². The number of hydrogen-bond donors (Lipinski definition) is 1. The molecule has 7 heteroatoms. The molecule has 0 amide bonds. The largest absolute Gasteiger partial charge is 0.352 e. The fraction of sp³-hybridized carbons (Fsp3) is 0.636. The Bertz CT molecular complexity index is 493. The molecule has 0 spiro atoms. The highest BCUT2D eigenvalue weighted by molar-refractivity contribution is 7.89. The van der Waals surface area contributed by atoms with Crippen LogP contribution in [0.5, 0.6) is 0 Å². The molecule has 0 aromatic carbocycles. The summed E-state index contributed by atoms with van der Waals surface area (Å²) in [5.41, 5.74) is 6.35. The second-order valence-electron chi connectivity index (χ2n) is 4.61. The summed E-state index contributed by atoms with van der Waals surface area (Å²) in [6.45, 7) is 1.47. The molecular weight excluding hydrogens is 252 g/mol. The molecule has 1 aromatic rings. The Morgan fingerprint density at radius 1 is 1.28 bits per heavy atom. The van der Waals surface area contributed by atoms with Crippen LogP contribution >= 0.6 is 0 Å². The third-order valence-electron chi connectivity index (χ3n) is 2.86. The van der Waals surface area contributed by atoms with Crippen LogP contribution in [0.15, 0.2) is 17.2 Å². The Hall–Kier alpha value is -0.890. The molecule has 0 atom stereocenters. The third kappa shape index (κ3) is 3.32. The molecule has 0 aliphatic heterocycles. The first-order valence-corrected chi connectivity index (χ1v) is 7.19. The molecule has 104 valence electrons. The summed E-state index contributed by atoms with van der Waals surface area (Å²) in [4.78, 5) is 2.24. The van der Waals surface area contributed by atoms with Gasteiger partial charge in [-0.15, -0.1) is 0 Å². The van der Waals surface area contributed by atoms with E-state index in [1.807, 2.05) is 19.0 Å². The first kappa shape index (κ1) is 15.2. The SMILES string of the molecule is CN(C)CCN(C)S(=O)(=O)c1cc(CN)n(C)c1. The average Bonchev–Trinajstić information content (AvgIpc) is 2.67. The summed E-state index contributed by atoms with van der Waals surface area (Å²) < 4.78 is 27.7. The lowest BCUT2D eigenvalue weighted by Gasteiger charge is -2.18. The van der Waals surface area contributed by atoms with Crippen molar-refractivity contribution in [3.63, 3.8) is 0 Å². The number of hydrogen-bond acceptors (Lipinski definition) is 4. The molecule has 0 aliphatic rings. The van der Waals surface area contributed by atoms with Crippen molar-refractivity contribution < 1.29 is 8.42 Å². The molecule has 1 rings (SSSR count). The molecule has 1 aromatic heterocycles. The number of nitrogens with zero attached hydrogens (tertiary/aromatic N) is 3. The Morgan fingerprint density at radius 3 is 2.33 bits per heavy atom. The first-order valence-electron chi connectivity index (χ1n) is 5.75. The smallest absolute Gasteiger partial charge is 0.244 e. The minimum Gasteiger partial charge on any atom is -0.352 e. The molecule has 1 heterocycles. The van der Waals surface area contributed by atoms with Crippen LogP contribution in [0.1, 0.15) is 5.69 Å². The third-order valence-corrected chi connectivity index (χ3v) is 4.68. The van der Waals surface area contributed by atoms with Gasteiger partial charge in [-0.2, -0.15) is 4.31 Å². The highest BCUT2D eigenvalue weighted by Gasteiger charge is 2.22. The average molecular weight is 274 g/mol. The van der Waals surface area contributed by atoms with Crippen molar-refractivity contribution in [3.05, 3.63) is 18.0 Å². The van der Waals surface area contributed by atoms with Crippen LogP contribution in [0.2, 0.25) is 0 Å². The van der Waals surface area contributed by atoms with Crippen molar-refractivity contribution in [1.82, 2.24) is 13.8 Å². The lowest BCUT2D eigenvalue weighted by Crippen LogP contribution is -2.33. The van der Waals surface area contributed by atoms with Crippen LogP contribution < -0.4 is 5.73 Å². The highest BCUT2D eigenvalue weighted by atomic mass is 32.2. The number of rotatable bonds is 6. The molecule has 0 aliphatic carbocycles. The van der Waals surface area contributed by atoms with Gasteiger partial charge in [0.25, 0.3) is 0 Å². The number of aryl methyl sites for hydroxylation is 1. The summed E-state index contributed by atoms with van der Waals surface area (Å²) >= 11 is 0. The van der Waals surface area contributed by atoms with Gasteiger partial charge in [0.2, 0.25) is 10.0 Å². The molecule has 0 unspecified atom stereocenters. The van der Waals surface area contributed by atoms with Gasteiger partial charge in [0.1, 0.15) is 4.90 Å². The maximum absolute atomic E-state index is 12.3. The highest BCUT2D eigenvalue weighted by Crippen LogP contribution is 2.17. The van der Waals surface area contributed by atoms with Crippen LogP contribution in [0.4, 0.5) is 0 Å². The van der Waals surface area contributed by atoms with Crippen LogP contribution in [0.25, 0.3) is 0 Å². The molecular formula is C11H22N4O2S. The molecule has 0 saturated heterocycles. The van der Waals surface area contributed by atoms with Crippen molar-refractivity contribution in [2.24, 2.45) is 12.8 Å².